The van der Waals surface area contributed by atoms with Gasteiger partial charge in [0.05, 0.1) is 5.02 Å². The summed E-state index contributed by atoms with van der Waals surface area (Å²) < 4.78 is 5.84. The maximum Gasteiger partial charge on any atom is 0.219 e. The number of nitrogens with zero attached hydrogens (tertiary/aromatic N) is 1. The molecular weight excluding hydrogens is 281 g/mol. The molecule has 0 saturated heterocycles. The first-order valence-corrected chi connectivity index (χ1v) is 7.00. The molecule has 4 heteroatoms. The molecule has 1 aromatic heterocycles. The largest absolute Gasteiger partial charge is 0.439 e. The minimum atomic E-state index is 0.337. The zero-order chi connectivity index (χ0) is 13.8. The lowest BCUT2D eigenvalue weighted by Crippen LogP contribution is -1.95. The quantitative estimate of drug-likeness (QED) is 0.706. The van der Waals surface area contributed by atoms with Gasteiger partial charge in [0.2, 0.25) is 5.88 Å². The second kappa shape index (κ2) is 6.27. The van der Waals surface area contributed by atoms with Crippen molar-refractivity contribution in [2.75, 3.05) is 0 Å². The molecule has 0 amide bonds. The van der Waals surface area contributed by atoms with Crippen molar-refractivity contribution < 1.29 is 4.74 Å². The molecule has 1 heterocycles. The minimum absolute atomic E-state index is 0.337. The number of aromatic nitrogens is 1. The number of ether oxygens (including phenoxy) is 1. The van der Waals surface area contributed by atoms with Crippen LogP contribution in [0.25, 0.3) is 0 Å². The van der Waals surface area contributed by atoms with Crippen LogP contribution in [0.15, 0.2) is 36.5 Å². The van der Waals surface area contributed by atoms with E-state index in [2.05, 4.69) is 24.9 Å². The predicted octanol–water partition coefficient (Wildman–Crippen LogP) is 5.39. The molecule has 0 aliphatic carbocycles. The van der Waals surface area contributed by atoms with E-state index in [-0.39, 0.29) is 0 Å². The van der Waals surface area contributed by atoms with Crippen molar-refractivity contribution in [1.29, 1.82) is 0 Å². The van der Waals surface area contributed by atoms with Crippen molar-refractivity contribution in [3.63, 3.8) is 0 Å². The Bertz CT molecular complexity index is 570. The van der Waals surface area contributed by atoms with Crippen molar-refractivity contribution in [3.05, 3.63) is 52.7 Å². The topological polar surface area (TPSA) is 22.1 Å². The highest BCUT2D eigenvalue weighted by Crippen LogP contribution is 2.30. The summed E-state index contributed by atoms with van der Waals surface area (Å²) in [5.41, 5.74) is 1.96. The van der Waals surface area contributed by atoms with E-state index >= 15 is 0 Å². The number of benzene rings is 1. The van der Waals surface area contributed by atoms with Crippen LogP contribution in [0.3, 0.4) is 0 Å². The highest BCUT2D eigenvalue weighted by molar-refractivity contribution is 6.32. The number of rotatable bonds is 4. The molecule has 0 fully saturated rings. The van der Waals surface area contributed by atoms with Crippen LogP contribution in [0.4, 0.5) is 0 Å². The Morgan fingerprint density at radius 3 is 2.68 bits per heavy atom. The van der Waals surface area contributed by atoms with Crippen LogP contribution in [0, 0.1) is 0 Å². The summed E-state index contributed by atoms with van der Waals surface area (Å²) in [6, 6.07) is 9.71. The van der Waals surface area contributed by atoms with E-state index in [1.807, 2.05) is 18.2 Å². The van der Waals surface area contributed by atoms with Gasteiger partial charge in [0.1, 0.15) is 5.75 Å². The molecule has 100 valence electrons. The first-order valence-electron chi connectivity index (χ1n) is 6.09. The van der Waals surface area contributed by atoms with Gasteiger partial charge in [0, 0.05) is 18.1 Å². The number of hydrogen-bond acceptors (Lipinski definition) is 2. The molecule has 0 aliphatic rings. The van der Waals surface area contributed by atoms with Gasteiger partial charge in [-0.05, 0) is 23.1 Å². The molecular formula is C15H15Cl2NO. The molecule has 0 bridgehead atoms. The Morgan fingerprint density at radius 2 is 2.00 bits per heavy atom. The highest BCUT2D eigenvalue weighted by atomic mass is 35.5. The van der Waals surface area contributed by atoms with E-state index in [9.17, 15) is 0 Å². The van der Waals surface area contributed by atoms with Crippen LogP contribution in [0.5, 0.6) is 11.6 Å². The normalized spacial score (nSPS) is 10.8. The van der Waals surface area contributed by atoms with Gasteiger partial charge in [-0.15, -0.1) is 11.6 Å². The Kier molecular flexibility index (Phi) is 4.67. The van der Waals surface area contributed by atoms with E-state index in [1.165, 1.54) is 0 Å². The van der Waals surface area contributed by atoms with Crippen molar-refractivity contribution >= 4 is 23.2 Å². The molecule has 2 rings (SSSR count). The standard InChI is InChI=1S/C15H15Cl2NO/c1-10(2)12-5-3-4-6-14(12)19-15-7-11(8-16)13(17)9-18-15/h3-7,9-10H,8H2,1-2H3. The Morgan fingerprint density at radius 1 is 1.26 bits per heavy atom. The molecule has 0 atom stereocenters. The average Bonchev–Trinajstić information content (AvgIpc) is 2.41. The summed E-state index contributed by atoms with van der Waals surface area (Å²) in [5.74, 6) is 2.04. The lowest BCUT2D eigenvalue weighted by atomic mass is 10.0. The molecule has 0 aliphatic heterocycles. The van der Waals surface area contributed by atoms with E-state index in [0.717, 1.165) is 16.9 Å². The summed E-state index contributed by atoms with van der Waals surface area (Å²) in [7, 11) is 0. The summed E-state index contributed by atoms with van der Waals surface area (Å²) in [6.45, 7) is 4.25. The molecule has 0 N–H and O–H groups in total. The fourth-order valence-corrected chi connectivity index (χ4v) is 2.24. The van der Waals surface area contributed by atoms with Gasteiger partial charge < -0.3 is 4.74 Å². The van der Waals surface area contributed by atoms with Crippen LogP contribution in [-0.2, 0) is 5.88 Å². The zero-order valence-electron chi connectivity index (χ0n) is 10.9. The highest BCUT2D eigenvalue weighted by Gasteiger charge is 2.09. The van der Waals surface area contributed by atoms with Crippen LogP contribution >= 0.6 is 23.2 Å². The molecule has 0 saturated carbocycles. The zero-order valence-corrected chi connectivity index (χ0v) is 12.4. The maximum atomic E-state index is 5.98. The third-order valence-electron chi connectivity index (χ3n) is 2.81. The average molecular weight is 296 g/mol. The summed E-state index contributed by atoms with van der Waals surface area (Å²) >= 11 is 11.8. The molecule has 0 radical (unpaired) electrons. The number of para-hydroxylation sites is 1. The summed E-state index contributed by atoms with van der Waals surface area (Å²) in [5, 5.41) is 0.555. The third kappa shape index (κ3) is 3.40. The predicted molar refractivity (Wildman–Crippen MR) is 79.4 cm³/mol. The van der Waals surface area contributed by atoms with Crippen molar-refractivity contribution in [3.8, 4) is 11.6 Å². The van der Waals surface area contributed by atoms with Crippen molar-refractivity contribution in [2.24, 2.45) is 0 Å². The molecule has 1 aromatic carbocycles. The molecule has 0 spiro atoms. The van der Waals surface area contributed by atoms with E-state index in [1.54, 1.807) is 12.3 Å². The second-order valence-electron chi connectivity index (χ2n) is 4.54. The lowest BCUT2D eigenvalue weighted by molar-refractivity contribution is 0.454. The summed E-state index contributed by atoms with van der Waals surface area (Å²) in [6.07, 6.45) is 1.56. The minimum Gasteiger partial charge on any atom is -0.439 e. The summed E-state index contributed by atoms with van der Waals surface area (Å²) in [4.78, 5) is 4.17. The molecule has 0 unspecified atom stereocenters. The van der Waals surface area contributed by atoms with Gasteiger partial charge in [-0.25, -0.2) is 4.98 Å². The van der Waals surface area contributed by atoms with Gasteiger partial charge in [0.15, 0.2) is 0 Å². The fourth-order valence-electron chi connectivity index (χ4n) is 1.78. The number of hydrogen-bond donors (Lipinski definition) is 0. The fraction of sp³-hybridized carbons (Fsp3) is 0.267. The van der Waals surface area contributed by atoms with Crippen molar-refractivity contribution in [2.45, 2.75) is 25.6 Å². The lowest BCUT2D eigenvalue weighted by Gasteiger charge is -2.13. The van der Waals surface area contributed by atoms with Gasteiger partial charge in [0.25, 0.3) is 0 Å². The molecule has 2 nitrogen and oxygen atoms in total. The van der Waals surface area contributed by atoms with Gasteiger partial charge in [-0.2, -0.15) is 0 Å². The smallest absolute Gasteiger partial charge is 0.219 e. The van der Waals surface area contributed by atoms with Crippen LogP contribution in [0.2, 0.25) is 5.02 Å². The Hall–Kier alpha value is -1.25. The second-order valence-corrected chi connectivity index (χ2v) is 5.22. The van der Waals surface area contributed by atoms with Crippen molar-refractivity contribution in [1.82, 2.24) is 4.98 Å². The number of halogens is 2. The molecule has 19 heavy (non-hydrogen) atoms. The Labute approximate surface area is 123 Å². The maximum absolute atomic E-state index is 5.98. The first-order chi connectivity index (χ1) is 9.11. The van der Waals surface area contributed by atoms with Crippen LogP contribution < -0.4 is 4.74 Å². The van der Waals surface area contributed by atoms with E-state index < -0.39 is 0 Å². The van der Waals surface area contributed by atoms with E-state index in [4.69, 9.17) is 27.9 Å². The third-order valence-corrected chi connectivity index (χ3v) is 3.44. The van der Waals surface area contributed by atoms with Crippen LogP contribution in [0.1, 0.15) is 30.9 Å². The first kappa shape index (κ1) is 14.2. The van der Waals surface area contributed by atoms with Crippen LogP contribution in [-0.4, -0.2) is 4.98 Å². The molecule has 2 aromatic rings. The number of alkyl halides is 1. The van der Waals surface area contributed by atoms with Gasteiger partial charge in [-0.1, -0.05) is 43.6 Å². The Balaban J connectivity index is 2.31. The monoisotopic (exact) mass is 295 g/mol. The van der Waals surface area contributed by atoms with Gasteiger partial charge >= 0.3 is 0 Å². The van der Waals surface area contributed by atoms with Gasteiger partial charge in [-0.3, -0.25) is 0 Å². The SMILES string of the molecule is CC(C)c1ccccc1Oc1cc(CCl)c(Cl)cn1. The van der Waals surface area contributed by atoms with E-state index in [0.29, 0.717) is 22.7 Å². The number of pyridine rings is 1.